The van der Waals surface area contributed by atoms with Crippen LogP contribution in [-0.4, -0.2) is 11.6 Å². The molecule has 1 unspecified atom stereocenters. The number of ether oxygens (including phenoxy) is 1. The molecule has 1 heterocycles. The van der Waals surface area contributed by atoms with Crippen LogP contribution < -0.4 is 10.1 Å². The van der Waals surface area contributed by atoms with E-state index in [4.69, 9.17) is 10.00 Å². The molecule has 0 radical (unpaired) electrons. The van der Waals surface area contributed by atoms with E-state index in [1.165, 1.54) is 5.56 Å². The molecule has 20 heavy (non-hydrogen) atoms. The van der Waals surface area contributed by atoms with Gasteiger partial charge in [-0.25, -0.2) is 0 Å². The Kier molecular flexibility index (Phi) is 5.10. The van der Waals surface area contributed by atoms with Crippen molar-refractivity contribution in [3.05, 3.63) is 59.9 Å². The summed E-state index contributed by atoms with van der Waals surface area (Å²) in [6.07, 6.45) is 3.63. The number of rotatable bonds is 6. The maximum Gasteiger partial charge on any atom is 0.174 e. The first-order valence-corrected chi connectivity index (χ1v) is 6.51. The van der Waals surface area contributed by atoms with E-state index in [-0.39, 0.29) is 12.6 Å². The fourth-order valence-corrected chi connectivity index (χ4v) is 1.86. The second-order valence-corrected chi connectivity index (χ2v) is 4.48. The molecule has 0 aliphatic rings. The summed E-state index contributed by atoms with van der Waals surface area (Å²) in [6.45, 7) is 2.97. The molecule has 1 aromatic heterocycles. The normalized spacial score (nSPS) is 11.6. The van der Waals surface area contributed by atoms with E-state index in [2.05, 4.69) is 17.2 Å². The van der Waals surface area contributed by atoms with Crippen molar-refractivity contribution in [2.75, 3.05) is 6.61 Å². The van der Waals surface area contributed by atoms with E-state index in [0.29, 0.717) is 0 Å². The minimum absolute atomic E-state index is 0.0775. The Hall–Kier alpha value is -2.38. The van der Waals surface area contributed by atoms with E-state index < -0.39 is 0 Å². The average molecular weight is 267 g/mol. The minimum Gasteiger partial charge on any atom is -0.479 e. The highest BCUT2D eigenvalue weighted by molar-refractivity contribution is 5.29. The molecule has 1 atom stereocenters. The molecule has 0 fully saturated rings. The van der Waals surface area contributed by atoms with Crippen molar-refractivity contribution in [1.82, 2.24) is 10.3 Å². The van der Waals surface area contributed by atoms with Crippen molar-refractivity contribution >= 4 is 0 Å². The zero-order valence-corrected chi connectivity index (χ0v) is 11.4. The monoisotopic (exact) mass is 267 g/mol. The molecule has 0 aliphatic heterocycles. The van der Waals surface area contributed by atoms with Crippen LogP contribution in [0.5, 0.6) is 5.75 Å². The van der Waals surface area contributed by atoms with Gasteiger partial charge in [0, 0.05) is 25.0 Å². The third-order valence-corrected chi connectivity index (χ3v) is 3.02. The van der Waals surface area contributed by atoms with Crippen LogP contribution >= 0.6 is 0 Å². The second kappa shape index (κ2) is 7.27. The van der Waals surface area contributed by atoms with Crippen LogP contribution in [0, 0.1) is 11.3 Å². The van der Waals surface area contributed by atoms with Gasteiger partial charge >= 0.3 is 0 Å². The summed E-state index contributed by atoms with van der Waals surface area (Å²) in [5.41, 5.74) is 2.34. The Bertz CT molecular complexity index is 561. The number of nitriles is 1. The number of aromatic nitrogens is 1. The molecule has 2 aromatic rings. The van der Waals surface area contributed by atoms with Gasteiger partial charge in [0.2, 0.25) is 0 Å². The minimum atomic E-state index is 0.0775. The van der Waals surface area contributed by atoms with Gasteiger partial charge in [-0.15, -0.1) is 0 Å². The number of nitrogens with one attached hydrogen (secondary N) is 1. The lowest BCUT2D eigenvalue weighted by Gasteiger charge is -2.14. The summed E-state index contributed by atoms with van der Waals surface area (Å²) in [4.78, 5) is 4.09. The lowest BCUT2D eigenvalue weighted by atomic mass is 10.1. The quantitative estimate of drug-likeness (QED) is 0.874. The summed E-state index contributed by atoms with van der Waals surface area (Å²) in [6, 6.07) is 14.0. The zero-order chi connectivity index (χ0) is 14.2. The number of hydrogen-bond acceptors (Lipinski definition) is 4. The van der Waals surface area contributed by atoms with Crippen LogP contribution in [0.1, 0.15) is 24.1 Å². The van der Waals surface area contributed by atoms with Gasteiger partial charge in [0.1, 0.15) is 11.8 Å². The Labute approximate surface area is 119 Å². The lowest BCUT2D eigenvalue weighted by molar-refractivity contribution is 0.368. The van der Waals surface area contributed by atoms with Crippen LogP contribution in [0.4, 0.5) is 0 Å². The van der Waals surface area contributed by atoms with Crippen LogP contribution in [0.2, 0.25) is 0 Å². The third-order valence-electron chi connectivity index (χ3n) is 3.02. The molecule has 102 valence electrons. The summed E-state index contributed by atoms with van der Waals surface area (Å²) in [7, 11) is 0. The summed E-state index contributed by atoms with van der Waals surface area (Å²) in [5, 5.41) is 11.9. The van der Waals surface area contributed by atoms with Gasteiger partial charge in [-0.2, -0.15) is 5.26 Å². The van der Waals surface area contributed by atoms with Gasteiger partial charge in [-0.05, 0) is 36.2 Å². The molecule has 0 saturated carbocycles. The first-order valence-electron chi connectivity index (χ1n) is 6.51. The van der Waals surface area contributed by atoms with Crippen molar-refractivity contribution in [3.63, 3.8) is 0 Å². The van der Waals surface area contributed by atoms with Crippen molar-refractivity contribution in [2.24, 2.45) is 0 Å². The third kappa shape index (κ3) is 4.08. The first kappa shape index (κ1) is 14.0. The van der Waals surface area contributed by atoms with Gasteiger partial charge in [0.05, 0.1) is 0 Å². The predicted molar refractivity (Wildman–Crippen MR) is 77.0 cm³/mol. The van der Waals surface area contributed by atoms with Crippen molar-refractivity contribution in [1.29, 1.82) is 5.26 Å². The highest BCUT2D eigenvalue weighted by atomic mass is 16.5. The number of hydrogen-bond donors (Lipinski definition) is 1. The summed E-state index contributed by atoms with van der Waals surface area (Å²) in [5.74, 6) is 0.717. The largest absolute Gasteiger partial charge is 0.479 e. The molecule has 0 saturated heterocycles. The second-order valence-electron chi connectivity index (χ2n) is 4.48. The Balaban J connectivity index is 1.89. The Morgan fingerprint density at radius 1 is 1.30 bits per heavy atom. The molecular formula is C16H17N3O. The fraction of sp³-hybridized carbons (Fsp3) is 0.250. The van der Waals surface area contributed by atoms with Crippen LogP contribution in [0.25, 0.3) is 0 Å². The standard InChI is InChI=1S/C16H17N3O/c1-13(19-12-14-3-2-9-18-11-14)15-4-6-16(7-5-15)20-10-8-17/h2-7,9,11,13,19H,10,12H2,1H3. The molecule has 4 heteroatoms. The van der Waals surface area contributed by atoms with Gasteiger partial charge in [-0.1, -0.05) is 18.2 Å². The average Bonchev–Trinajstić information content (AvgIpc) is 2.52. The molecule has 1 aromatic carbocycles. The van der Waals surface area contributed by atoms with E-state index in [1.807, 2.05) is 48.7 Å². The van der Waals surface area contributed by atoms with Crippen molar-refractivity contribution < 1.29 is 4.74 Å². The van der Waals surface area contributed by atoms with E-state index in [1.54, 1.807) is 6.20 Å². The molecule has 0 amide bonds. The van der Waals surface area contributed by atoms with Crippen molar-refractivity contribution in [3.8, 4) is 11.8 Å². The topological polar surface area (TPSA) is 57.9 Å². The smallest absolute Gasteiger partial charge is 0.174 e. The van der Waals surface area contributed by atoms with Gasteiger partial charge in [0.15, 0.2) is 6.61 Å². The molecular weight excluding hydrogens is 250 g/mol. The summed E-state index contributed by atoms with van der Waals surface area (Å²) < 4.78 is 5.23. The fourth-order valence-electron chi connectivity index (χ4n) is 1.86. The Morgan fingerprint density at radius 3 is 2.75 bits per heavy atom. The number of pyridine rings is 1. The predicted octanol–water partition coefficient (Wildman–Crippen LogP) is 2.83. The zero-order valence-electron chi connectivity index (χ0n) is 11.4. The first-order chi connectivity index (χ1) is 9.79. The van der Waals surface area contributed by atoms with Crippen LogP contribution in [0.3, 0.4) is 0 Å². The molecule has 0 spiro atoms. The van der Waals surface area contributed by atoms with Gasteiger partial charge in [0.25, 0.3) is 0 Å². The molecule has 0 bridgehead atoms. The van der Waals surface area contributed by atoms with Gasteiger partial charge in [-0.3, -0.25) is 4.98 Å². The highest BCUT2D eigenvalue weighted by Crippen LogP contribution is 2.17. The Morgan fingerprint density at radius 2 is 2.10 bits per heavy atom. The van der Waals surface area contributed by atoms with Crippen LogP contribution in [-0.2, 0) is 6.54 Å². The molecule has 4 nitrogen and oxygen atoms in total. The molecule has 0 aliphatic carbocycles. The SMILES string of the molecule is CC(NCc1cccnc1)c1ccc(OCC#N)cc1. The maximum atomic E-state index is 8.46. The maximum absolute atomic E-state index is 8.46. The molecule has 2 rings (SSSR count). The number of benzene rings is 1. The highest BCUT2D eigenvalue weighted by Gasteiger charge is 2.05. The van der Waals surface area contributed by atoms with Crippen LogP contribution in [0.15, 0.2) is 48.8 Å². The van der Waals surface area contributed by atoms with E-state index >= 15 is 0 Å². The number of nitrogens with zero attached hydrogens (tertiary/aromatic N) is 2. The van der Waals surface area contributed by atoms with Crippen molar-refractivity contribution in [2.45, 2.75) is 19.5 Å². The van der Waals surface area contributed by atoms with E-state index in [0.717, 1.165) is 17.9 Å². The molecule has 1 N–H and O–H groups in total. The van der Waals surface area contributed by atoms with Gasteiger partial charge < -0.3 is 10.1 Å². The van der Waals surface area contributed by atoms with E-state index in [9.17, 15) is 0 Å². The lowest BCUT2D eigenvalue weighted by Crippen LogP contribution is -2.18. The summed E-state index contributed by atoms with van der Waals surface area (Å²) >= 11 is 0.